The topological polar surface area (TPSA) is 15.3 Å². The maximum absolute atomic E-state index is 12.8. The van der Waals surface area contributed by atoms with E-state index in [4.69, 9.17) is 0 Å². The number of hydrogen-bond donors (Lipinski definition) is 1. The van der Waals surface area contributed by atoms with E-state index in [2.05, 4.69) is 24.2 Å². The molecule has 1 heterocycles. The molecule has 1 atom stereocenters. The van der Waals surface area contributed by atoms with E-state index in [1.165, 1.54) is 25.0 Å². The zero-order chi connectivity index (χ0) is 12.3. The van der Waals surface area contributed by atoms with Crippen molar-refractivity contribution in [3.63, 3.8) is 0 Å². The van der Waals surface area contributed by atoms with Crippen LogP contribution in [0.25, 0.3) is 0 Å². The summed E-state index contributed by atoms with van der Waals surface area (Å²) < 4.78 is 12.8. The molecule has 2 rings (SSSR count). The van der Waals surface area contributed by atoms with Crippen molar-refractivity contribution in [2.24, 2.45) is 0 Å². The fourth-order valence-corrected chi connectivity index (χ4v) is 2.65. The molecule has 0 saturated carbocycles. The van der Waals surface area contributed by atoms with E-state index in [1.807, 2.05) is 12.1 Å². The number of nitrogens with one attached hydrogen (secondary N) is 1. The van der Waals surface area contributed by atoms with Gasteiger partial charge in [-0.2, -0.15) is 0 Å². The fraction of sp³-hybridized carbons (Fsp3) is 0.571. The van der Waals surface area contributed by atoms with Crippen molar-refractivity contribution in [1.82, 2.24) is 10.2 Å². The molecule has 0 aromatic heterocycles. The Morgan fingerprint density at radius 2 is 2.06 bits per heavy atom. The Labute approximate surface area is 103 Å². The standard InChI is InChI=1S/C14H21FN2/c1-14(8-3-9-16-14)11-17(2)10-12-4-6-13(15)7-5-12/h4-7,16H,3,8-11H2,1-2H3. The summed E-state index contributed by atoms with van der Waals surface area (Å²) in [7, 11) is 2.12. The largest absolute Gasteiger partial charge is 0.310 e. The van der Waals surface area contributed by atoms with Crippen LogP contribution in [0.1, 0.15) is 25.3 Å². The second-order valence-corrected chi connectivity index (χ2v) is 5.39. The van der Waals surface area contributed by atoms with Gasteiger partial charge in [0.1, 0.15) is 5.82 Å². The second-order valence-electron chi connectivity index (χ2n) is 5.39. The minimum absolute atomic E-state index is 0.166. The number of nitrogens with zero attached hydrogens (tertiary/aromatic N) is 1. The second kappa shape index (κ2) is 5.15. The molecule has 94 valence electrons. The van der Waals surface area contributed by atoms with Gasteiger partial charge in [-0.1, -0.05) is 12.1 Å². The van der Waals surface area contributed by atoms with Gasteiger partial charge >= 0.3 is 0 Å². The molecule has 1 unspecified atom stereocenters. The highest BCUT2D eigenvalue weighted by Gasteiger charge is 2.28. The summed E-state index contributed by atoms with van der Waals surface area (Å²) in [6.07, 6.45) is 2.50. The smallest absolute Gasteiger partial charge is 0.123 e. The van der Waals surface area contributed by atoms with Crippen molar-refractivity contribution >= 4 is 0 Å². The summed E-state index contributed by atoms with van der Waals surface area (Å²) >= 11 is 0. The van der Waals surface area contributed by atoms with Gasteiger partial charge < -0.3 is 10.2 Å². The first-order chi connectivity index (χ1) is 8.07. The first-order valence-corrected chi connectivity index (χ1v) is 6.25. The lowest BCUT2D eigenvalue weighted by atomic mass is 9.99. The molecule has 0 spiro atoms. The highest BCUT2D eigenvalue weighted by atomic mass is 19.1. The molecule has 1 aliphatic heterocycles. The Kier molecular flexibility index (Phi) is 3.79. The van der Waals surface area contributed by atoms with Crippen LogP contribution >= 0.6 is 0 Å². The Hall–Kier alpha value is -0.930. The molecular weight excluding hydrogens is 215 g/mol. The zero-order valence-corrected chi connectivity index (χ0v) is 10.7. The Morgan fingerprint density at radius 1 is 1.35 bits per heavy atom. The van der Waals surface area contributed by atoms with Crippen LogP contribution in [0, 0.1) is 5.82 Å². The van der Waals surface area contributed by atoms with Crippen LogP contribution in [0.3, 0.4) is 0 Å². The number of likely N-dealkylation sites (N-methyl/N-ethyl adjacent to an activating group) is 1. The van der Waals surface area contributed by atoms with Gasteiger partial charge in [-0.05, 0) is 51.1 Å². The normalized spacial score (nSPS) is 24.5. The molecule has 0 radical (unpaired) electrons. The van der Waals surface area contributed by atoms with E-state index in [0.29, 0.717) is 0 Å². The van der Waals surface area contributed by atoms with Crippen molar-refractivity contribution < 1.29 is 4.39 Å². The Balaban J connectivity index is 1.88. The molecule has 0 amide bonds. The highest BCUT2D eigenvalue weighted by molar-refractivity contribution is 5.15. The van der Waals surface area contributed by atoms with E-state index in [0.717, 1.165) is 25.2 Å². The molecule has 3 heteroatoms. The first-order valence-electron chi connectivity index (χ1n) is 6.25. The van der Waals surface area contributed by atoms with Crippen LogP contribution in [-0.2, 0) is 6.54 Å². The van der Waals surface area contributed by atoms with E-state index in [9.17, 15) is 4.39 Å². The van der Waals surface area contributed by atoms with E-state index in [-0.39, 0.29) is 11.4 Å². The SMILES string of the molecule is CN(Cc1ccc(F)cc1)CC1(C)CCCN1. The third-order valence-corrected chi connectivity index (χ3v) is 3.44. The minimum atomic E-state index is -0.166. The van der Waals surface area contributed by atoms with Crippen LogP contribution in [0.15, 0.2) is 24.3 Å². The lowest BCUT2D eigenvalue weighted by Gasteiger charge is -2.30. The first kappa shape index (κ1) is 12.5. The van der Waals surface area contributed by atoms with Crippen LogP contribution < -0.4 is 5.32 Å². The molecule has 2 nitrogen and oxygen atoms in total. The highest BCUT2D eigenvalue weighted by Crippen LogP contribution is 2.20. The molecular formula is C14H21FN2. The van der Waals surface area contributed by atoms with Crippen LogP contribution in [0.4, 0.5) is 4.39 Å². The molecule has 1 fully saturated rings. The van der Waals surface area contributed by atoms with Crippen molar-refractivity contribution in [2.45, 2.75) is 31.8 Å². The number of halogens is 1. The molecule has 1 aliphatic rings. The minimum Gasteiger partial charge on any atom is -0.310 e. The number of hydrogen-bond acceptors (Lipinski definition) is 2. The van der Waals surface area contributed by atoms with Gasteiger partial charge in [0.15, 0.2) is 0 Å². The van der Waals surface area contributed by atoms with E-state index >= 15 is 0 Å². The summed E-state index contributed by atoms with van der Waals surface area (Å²) in [5.41, 5.74) is 1.41. The molecule has 17 heavy (non-hydrogen) atoms. The number of rotatable bonds is 4. The third-order valence-electron chi connectivity index (χ3n) is 3.44. The number of benzene rings is 1. The van der Waals surface area contributed by atoms with Gasteiger partial charge in [-0.3, -0.25) is 0 Å². The van der Waals surface area contributed by atoms with Gasteiger partial charge in [0, 0.05) is 18.6 Å². The van der Waals surface area contributed by atoms with Gasteiger partial charge in [0.05, 0.1) is 0 Å². The molecule has 1 N–H and O–H groups in total. The van der Waals surface area contributed by atoms with Gasteiger partial charge in [-0.25, -0.2) is 4.39 Å². The van der Waals surface area contributed by atoms with Crippen LogP contribution in [0.5, 0.6) is 0 Å². The van der Waals surface area contributed by atoms with E-state index in [1.54, 1.807) is 0 Å². The molecule has 0 aliphatic carbocycles. The Morgan fingerprint density at radius 3 is 2.65 bits per heavy atom. The summed E-state index contributed by atoms with van der Waals surface area (Å²) in [6.45, 7) is 5.31. The summed E-state index contributed by atoms with van der Waals surface area (Å²) in [4.78, 5) is 2.30. The van der Waals surface area contributed by atoms with Crippen molar-refractivity contribution in [3.8, 4) is 0 Å². The molecule has 1 aromatic rings. The van der Waals surface area contributed by atoms with Gasteiger partial charge in [0.2, 0.25) is 0 Å². The maximum Gasteiger partial charge on any atom is 0.123 e. The fourth-order valence-electron chi connectivity index (χ4n) is 2.65. The molecule has 0 bridgehead atoms. The van der Waals surface area contributed by atoms with Crippen LogP contribution in [0.2, 0.25) is 0 Å². The van der Waals surface area contributed by atoms with Crippen molar-refractivity contribution in [3.05, 3.63) is 35.6 Å². The monoisotopic (exact) mass is 236 g/mol. The summed E-state index contributed by atoms with van der Waals surface area (Å²) in [6, 6.07) is 6.77. The Bertz CT molecular complexity index is 355. The maximum atomic E-state index is 12.8. The van der Waals surface area contributed by atoms with Crippen molar-refractivity contribution in [2.75, 3.05) is 20.1 Å². The zero-order valence-electron chi connectivity index (χ0n) is 10.7. The van der Waals surface area contributed by atoms with Gasteiger partial charge in [-0.15, -0.1) is 0 Å². The average Bonchev–Trinajstić information content (AvgIpc) is 2.68. The molecule has 1 aromatic carbocycles. The van der Waals surface area contributed by atoms with Gasteiger partial charge in [0.25, 0.3) is 0 Å². The lowest BCUT2D eigenvalue weighted by molar-refractivity contribution is 0.233. The van der Waals surface area contributed by atoms with Crippen LogP contribution in [-0.4, -0.2) is 30.6 Å². The summed E-state index contributed by atoms with van der Waals surface area (Å²) in [5.74, 6) is -0.166. The predicted octanol–water partition coefficient (Wildman–Crippen LogP) is 2.40. The van der Waals surface area contributed by atoms with Crippen molar-refractivity contribution in [1.29, 1.82) is 0 Å². The average molecular weight is 236 g/mol. The predicted molar refractivity (Wildman–Crippen MR) is 68.4 cm³/mol. The lowest BCUT2D eigenvalue weighted by Crippen LogP contribution is -2.46. The quantitative estimate of drug-likeness (QED) is 0.863. The summed E-state index contributed by atoms with van der Waals surface area (Å²) in [5, 5.41) is 3.56. The molecule has 1 saturated heterocycles. The third kappa shape index (κ3) is 3.51. The van der Waals surface area contributed by atoms with E-state index < -0.39 is 0 Å².